The van der Waals surface area contributed by atoms with Gasteiger partial charge in [-0.3, -0.25) is 9.59 Å². The van der Waals surface area contributed by atoms with Crippen LogP contribution in [0.2, 0.25) is 0 Å². The topological polar surface area (TPSA) is 102 Å². The van der Waals surface area contributed by atoms with Crippen LogP contribution in [0.3, 0.4) is 0 Å². The van der Waals surface area contributed by atoms with Crippen molar-refractivity contribution in [1.29, 1.82) is 0 Å². The zero-order valence-electron chi connectivity index (χ0n) is 23.7. The summed E-state index contributed by atoms with van der Waals surface area (Å²) in [6, 6.07) is 0.257. The van der Waals surface area contributed by atoms with E-state index >= 15 is 0 Å². The number of nitrogens with two attached hydrogens (primary N) is 1. The van der Waals surface area contributed by atoms with Crippen molar-refractivity contribution >= 4 is 18.0 Å². The molecule has 0 spiro atoms. The number of rotatable bonds is 9. The Labute approximate surface area is 227 Å². The van der Waals surface area contributed by atoms with Crippen LogP contribution in [0.25, 0.3) is 6.20 Å². The zero-order chi connectivity index (χ0) is 27.0. The molecule has 3 N–H and O–H groups in total. The zero-order valence-corrected chi connectivity index (χ0v) is 23.7. The van der Waals surface area contributed by atoms with Gasteiger partial charge in [0.2, 0.25) is 11.8 Å². The molecule has 8 heteroatoms. The number of likely N-dealkylation sites (tertiary alicyclic amines) is 1. The van der Waals surface area contributed by atoms with E-state index in [0.717, 1.165) is 37.8 Å². The molecule has 4 bridgehead atoms. The Morgan fingerprint density at radius 3 is 2.34 bits per heavy atom. The summed E-state index contributed by atoms with van der Waals surface area (Å²) in [5, 5.41) is 7.90. The van der Waals surface area contributed by atoms with Crippen molar-refractivity contribution in [3.8, 4) is 5.88 Å². The Morgan fingerprint density at radius 1 is 1.13 bits per heavy atom. The number of piperidine rings is 1. The minimum Gasteiger partial charge on any atom is -0.477 e. The van der Waals surface area contributed by atoms with Gasteiger partial charge in [0, 0.05) is 25.3 Å². The minimum atomic E-state index is -0.709. The van der Waals surface area contributed by atoms with Gasteiger partial charge in [-0.15, -0.1) is 0 Å². The first-order valence-electron chi connectivity index (χ1n) is 14.8. The van der Waals surface area contributed by atoms with Gasteiger partial charge in [-0.1, -0.05) is 19.9 Å². The van der Waals surface area contributed by atoms with Crippen molar-refractivity contribution in [2.45, 2.75) is 78.7 Å². The third-order valence-corrected chi connectivity index (χ3v) is 9.49. The molecule has 0 atom stereocenters. The molecule has 1 saturated heterocycles. The Morgan fingerprint density at radius 2 is 1.76 bits per heavy atom. The number of amides is 2. The average Bonchev–Trinajstić information content (AvgIpc) is 3.30. The summed E-state index contributed by atoms with van der Waals surface area (Å²) in [7, 11) is 0. The van der Waals surface area contributed by atoms with Crippen molar-refractivity contribution in [3.63, 3.8) is 0 Å². The molecule has 4 saturated carbocycles. The maximum atomic E-state index is 13.5. The molecule has 4 aliphatic carbocycles. The van der Waals surface area contributed by atoms with E-state index in [1.807, 2.05) is 24.8 Å². The van der Waals surface area contributed by atoms with Crippen molar-refractivity contribution in [1.82, 2.24) is 20.0 Å². The summed E-state index contributed by atoms with van der Waals surface area (Å²) in [5.41, 5.74) is 5.58. The first-order valence-corrected chi connectivity index (χ1v) is 14.8. The summed E-state index contributed by atoms with van der Waals surface area (Å²) in [6.45, 7) is 10.7. The molecule has 1 aromatic rings. The number of carbonyl (C=O) groups is 2. The molecule has 5 fully saturated rings. The van der Waals surface area contributed by atoms with Crippen molar-refractivity contribution in [3.05, 3.63) is 17.8 Å². The number of hydrogen-bond donors (Lipinski definition) is 2. The van der Waals surface area contributed by atoms with Crippen LogP contribution < -0.4 is 15.8 Å². The van der Waals surface area contributed by atoms with Crippen molar-refractivity contribution < 1.29 is 14.3 Å². The van der Waals surface area contributed by atoms with Crippen LogP contribution >= 0.6 is 0 Å². The van der Waals surface area contributed by atoms with Gasteiger partial charge in [0.1, 0.15) is 5.56 Å². The van der Waals surface area contributed by atoms with Crippen LogP contribution in [0.1, 0.15) is 83.0 Å². The van der Waals surface area contributed by atoms with E-state index in [2.05, 4.69) is 24.3 Å². The van der Waals surface area contributed by atoms with E-state index in [-0.39, 0.29) is 17.9 Å². The summed E-state index contributed by atoms with van der Waals surface area (Å²) < 4.78 is 7.76. The number of ether oxygens (including phenoxy) is 1. The monoisotopic (exact) mass is 525 g/mol. The van der Waals surface area contributed by atoms with Crippen LogP contribution in [0.15, 0.2) is 12.3 Å². The van der Waals surface area contributed by atoms with E-state index in [1.165, 1.54) is 32.1 Å². The van der Waals surface area contributed by atoms with Crippen LogP contribution in [-0.4, -0.2) is 58.8 Å². The largest absolute Gasteiger partial charge is 0.477 e. The second-order valence-electron chi connectivity index (χ2n) is 13.5. The lowest BCUT2D eigenvalue weighted by atomic mass is 9.54. The quantitative estimate of drug-likeness (QED) is 0.504. The Bertz CT molecular complexity index is 1010. The first kappa shape index (κ1) is 27.2. The van der Waals surface area contributed by atoms with Crippen LogP contribution in [-0.2, 0) is 4.79 Å². The first-order chi connectivity index (χ1) is 18.1. The maximum absolute atomic E-state index is 13.5. The van der Waals surface area contributed by atoms with E-state index in [9.17, 15) is 9.59 Å². The number of nitrogens with zero attached hydrogens (tertiary/aromatic N) is 3. The summed E-state index contributed by atoms with van der Waals surface area (Å²) in [4.78, 5) is 28.8. The Balaban J connectivity index is 1.30. The number of nitrogens with one attached hydrogen (secondary N) is 1. The summed E-state index contributed by atoms with van der Waals surface area (Å²) in [5.74, 6) is 4.19. The van der Waals surface area contributed by atoms with E-state index < -0.39 is 5.41 Å². The van der Waals surface area contributed by atoms with Gasteiger partial charge in [0.05, 0.1) is 18.2 Å². The minimum absolute atomic E-state index is 0.0980. The van der Waals surface area contributed by atoms with E-state index in [4.69, 9.17) is 10.5 Å². The smallest absolute Gasteiger partial charge is 0.258 e. The van der Waals surface area contributed by atoms with Crippen molar-refractivity contribution in [2.24, 2.45) is 46.7 Å². The van der Waals surface area contributed by atoms with Gasteiger partial charge >= 0.3 is 0 Å². The van der Waals surface area contributed by atoms with Gasteiger partial charge < -0.3 is 20.7 Å². The Hall–Kier alpha value is -2.35. The summed E-state index contributed by atoms with van der Waals surface area (Å²) >= 11 is 0. The fraction of sp³-hybridized carbons (Fsp3) is 0.767. The average molecular weight is 526 g/mol. The van der Waals surface area contributed by atoms with Crippen LogP contribution in [0.5, 0.6) is 5.88 Å². The molecule has 210 valence electrons. The Kier molecular flexibility index (Phi) is 7.90. The highest BCUT2D eigenvalue weighted by molar-refractivity contribution is 5.96. The van der Waals surface area contributed by atoms with Gasteiger partial charge in [-0.2, -0.15) is 5.10 Å². The molecule has 6 rings (SSSR count). The number of hydrogen-bond acceptors (Lipinski definition) is 5. The lowest BCUT2D eigenvalue weighted by molar-refractivity contribution is -0.139. The normalized spacial score (nSPS) is 29.4. The van der Waals surface area contributed by atoms with Crippen LogP contribution in [0.4, 0.5) is 0 Å². The van der Waals surface area contributed by atoms with Gasteiger partial charge in [0.25, 0.3) is 5.91 Å². The molecular formula is C30H47N5O3. The molecule has 0 unspecified atom stereocenters. The highest BCUT2D eigenvalue weighted by Crippen LogP contribution is 2.53. The van der Waals surface area contributed by atoms with Gasteiger partial charge in [-0.25, -0.2) is 4.68 Å². The molecule has 38 heavy (non-hydrogen) atoms. The molecule has 2 amide bonds. The lowest BCUT2D eigenvalue weighted by Crippen LogP contribution is -2.55. The molecule has 1 aromatic heterocycles. The van der Waals surface area contributed by atoms with Crippen LogP contribution in [0, 0.1) is 40.9 Å². The molecule has 0 radical (unpaired) electrons. The van der Waals surface area contributed by atoms with Gasteiger partial charge in [-0.05, 0) is 101 Å². The third-order valence-electron chi connectivity index (χ3n) is 9.49. The predicted octanol–water partition coefficient (Wildman–Crippen LogP) is 4.17. The van der Waals surface area contributed by atoms with Gasteiger partial charge in [0.15, 0.2) is 0 Å². The van der Waals surface area contributed by atoms with E-state index in [0.29, 0.717) is 48.3 Å². The molecule has 2 heterocycles. The second-order valence-corrected chi connectivity index (χ2v) is 13.5. The second kappa shape index (κ2) is 11.0. The number of aromatic nitrogens is 2. The molecular weight excluding hydrogens is 478 g/mol. The summed E-state index contributed by atoms with van der Waals surface area (Å²) in [6.07, 6.45) is 13.6. The fourth-order valence-corrected chi connectivity index (χ4v) is 7.50. The van der Waals surface area contributed by atoms with E-state index in [1.54, 1.807) is 17.1 Å². The molecule has 0 aromatic carbocycles. The fourth-order valence-electron chi connectivity index (χ4n) is 7.50. The predicted molar refractivity (Wildman–Crippen MR) is 148 cm³/mol. The highest BCUT2D eigenvalue weighted by Gasteiger charge is 2.48. The number of carbonyl (C=O) groups excluding carboxylic acids is 2. The van der Waals surface area contributed by atoms with Crippen molar-refractivity contribution in [2.75, 3.05) is 26.2 Å². The standard InChI is InChI=1S/C30H47N5O3/c1-19(2)18-38-28-25(27(36)33-26-23-12-21-11-22(14-23)15-24(26)13-21)17-32-35(28)10-7-30(3,4)29(37)34-8-5-20(16-31)6-9-34/h7,10,17,19-24,26H,5-6,8-9,11-16,18,31H2,1-4H3,(H,33,36)/b10-7+. The molecule has 5 aliphatic rings. The lowest BCUT2D eigenvalue weighted by Gasteiger charge is -2.54. The highest BCUT2D eigenvalue weighted by atomic mass is 16.5. The SMILES string of the molecule is CC(C)COc1c(C(=O)NC2C3CC4CC(C3)CC2C4)cnn1/C=C/C(C)(C)C(=O)N1CCC(CN)CC1. The third kappa shape index (κ3) is 5.65. The maximum Gasteiger partial charge on any atom is 0.258 e. The molecule has 1 aliphatic heterocycles. The molecule has 8 nitrogen and oxygen atoms in total.